The summed E-state index contributed by atoms with van der Waals surface area (Å²) in [6.07, 6.45) is 65.6. The van der Waals surface area contributed by atoms with Crippen LogP contribution in [0.15, 0.2) is 287 Å². The number of aromatic nitrogens is 9. The number of anilines is 1. The summed E-state index contributed by atoms with van der Waals surface area (Å²) < 4.78 is 35.6. The number of pyridine rings is 5. The number of esters is 2. The Kier molecular flexibility index (Phi) is 50.4. The fourth-order valence-corrected chi connectivity index (χ4v) is 18.7. The molecule has 14 aromatic rings. The molecule has 3 atom stereocenters. The molecule has 3 unspecified atom stereocenters. The number of Topliss-reactive ketones (excluding diaryl/α,β-unsaturated/α-hetero) is 2. The Balaban J connectivity index is 0.000000179. The Hall–Kier alpha value is -14.1. The van der Waals surface area contributed by atoms with E-state index in [2.05, 4.69) is 166 Å². The molecule has 10 heterocycles. The van der Waals surface area contributed by atoms with Crippen molar-refractivity contribution in [3.8, 4) is 0 Å². The average Bonchev–Trinajstić information content (AvgIpc) is 1.17. The first-order chi connectivity index (χ1) is 73.8. The Morgan fingerprint density at radius 3 is 1.27 bits per heavy atom. The van der Waals surface area contributed by atoms with Crippen molar-refractivity contribution < 1.29 is 60.7 Å². The molecule has 9 aromatic heterocycles. The normalized spacial score (nSPS) is 12.7. The van der Waals surface area contributed by atoms with Gasteiger partial charge in [-0.25, -0.2) is 4.89 Å². The Bertz CT molecular complexity index is 6560. The van der Waals surface area contributed by atoms with E-state index in [1.165, 1.54) is 68.7 Å². The van der Waals surface area contributed by atoms with Crippen molar-refractivity contribution in [2.75, 3.05) is 31.3 Å². The van der Waals surface area contributed by atoms with E-state index in [1.807, 2.05) is 121 Å². The summed E-state index contributed by atoms with van der Waals surface area (Å²) >= 11 is 0. The molecule has 22 nitrogen and oxygen atoms in total. The molecule has 1 N–H and O–H groups in total. The number of ether oxygens (including phenoxy) is 2. The van der Waals surface area contributed by atoms with Gasteiger partial charge in [0.1, 0.15) is 11.6 Å². The van der Waals surface area contributed by atoms with Crippen LogP contribution in [-0.4, -0.2) is 122 Å². The maximum Gasteiger partial charge on any atom is 0.310 e. The van der Waals surface area contributed by atoms with Gasteiger partial charge >= 0.3 is 11.9 Å². The van der Waals surface area contributed by atoms with Crippen molar-refractivity contribution in [2.45, 2.75) is 297 Å². The largest absolute Gasteiger partial charge is 0.466 e. The first-order valence-corrected chi connectivity index (χ1v) is 54.0. The second-order valence-corrected chi connectivity index (χ2v) is 38.4. The van der Waals surface area contributed by atoms with Crippen molar-refractivity contribution in [3.05, 3.63) is 343 Å². The molecule has 1 amide bonds. The second-order valence-electron chi connectivity index (χ2n) is 38.4. The van der Waals surface area contributed by atoms with Gasteiger partial charge in [-0.1, -0.05) is 198 Å². The minimum Gasteiger partial charge on any atom is -0.466 e. The average molecular weight is 2010 g/mol. The van der Waals surface area contributed by atoms with E-state index >= 15 is 0 Å². The third-order valence-electron chi connectivity index (χ3n) is 26.7. The molecule has 0 bridgehead atoms. The number of unbranched alkanes of at least 4 members (excludes halogenated alkanes) is 19. The lowest BCUT2D eigenvalue weighted by Gasteiger charge is -2.18. The van der Waals surface area contributed by atoms with E-state index in [1.54, 1.807) is 99.1 Å². The molecule has 5 aromatic carbocycles. The smallest absolute Gasteiger partial charge is 0.310 e. The number of hydrogen-bond acceptors (Lipinski definition) is 17. The van der Waals surface area contributed by atoms with Gasteiger partial charge in [-0.2, -0.15) is 0 Å². The molecule has 0 saturated heterocycles. The summed E-state index contributed by atoms with van der Waals surface area (Å²) in [4.78, 5) is 123. The number of nitrogens with zero attached hydrogens (tertiary/aromatic N) is 10. The number of hydrogen-bond donors (Lipinski definition) is 1. The van der Waals surface area contributed by atoms with E-state index in [4.69, 9.17) is 17.5 Å². The van der Waals surface area contributed by atoms with Gasteiger partial charge in [0, 0.05) is 224 Å². The number of rotatable bonds is 60. The van der Waals surface area contributed by atoms with E-state index in [-0.39, 0.29) is 53.3 Å². The molecule has 0 spiro atoms. The summed E-state index contributed by atoms with van der Waals surface area (Å²) in [6, 6.07) is 60.8. The quantitative estimate of drug-likeness (QED) is 0.0122. The predicted molar refractivity (Wildman–Crippen MR) is 601 cm³/mol. The van der Waals surface area contributed by atoms with E-state index in [9.17, 15) is 38.4 Å². The molecular formula is C127H154N10O12. The number of amides is 1. The molecule has 149 heavy (non-hydrogen) atoms. The van der Waals surface area contributed by atoms with Crippen molar-refractivity contribution in [1.82, 2.24) is 43.2 Å². The van der Waals surface area contributed by atoms with Gasteiger partial charge in [0.05, 0.1) is 32.7 Å². The summed E-state index contributed by atoms with van der Waals surface area (Å²) in [7, 11) is 0. The van der Waals surface area contributed by atoms with E-state index in [0.29, 0.717) is 89.1 Å². The van der Waals surface area contributed by atoms with Crippen molar-refractivity contribution in [3.63, 3.8) is 0 Å². The number of para-hydroxylation sites is 3. The summed E-state index contributed by atoms with van der Waals surface area (Å²) in [5.41, 5.74) is 16.4. The number of carbonyl (C=O) groups is 8. The highest BCUT2D eigenvalue weighted by atomic mass is 17.1. The molecule has 0 aliphatic carbocycles. The fraction of sp³-hybridized carbons (Fsp3) is 0.394. The number of carbonyl (C=O) groups excluding carboxylic acids is 8. The van der Waals surface area contributed by atoms with Crippen LogP contribution in [0.4, 0.5) is 5.69 Å². The maximum atomic E-state index is 12.9. The number of ketones is 5. The van der Waals surface area contributed by atoms with Crippen LogP contribution in [0, 0.1) is 13.8 Å². The molecule has 1 aliphatic rings. The Morgan fingerprint density at radius 1 is 0.389 bits per heavy atom. The highest BCUT2D eigenvalue weighted by Gasteiger charge is 2.33. The van der Waals surface area contributed by atoms with Crippen LogP contribution >= 0.6 is 0 Å². The topological polar surface area (TPSA) is 272 Å². The molecule has 15 rings (SSSR count). The van der Waals surface area contributed by atoms with Crippen molar-refractivity contribution in [1.29, 1.82) is 0 Å². The number of fused-ring (bicyclic) bond motifs is 5. The minimum atomic E-state index is -1.02. The van der Waals surface area contributed by atoms with E-state index < -0.39 is 12.8 Å². The fourth-order valence-electron chi connectivity index (χ4n) is 18.7. The van der Waals surface area contributed by atoms with Crippen LogP contribution < -0.4 is 4.90 Å². The number of allylic oxidation sites excluding steroid dienone is 3. The molecule has 1 aliphatic heterocycles. The second kappa shape index (κ2) is 67.0. The Morgan fingerprint density at radius 2 is 0.799 bits per heavy atom. The first kappa shape index (κ1) is 112. The van der Waals surface area contributed by atoms with Gasteiger partial charge in [-0.05, 0) is 281 Å². The first-order valence-electron chi connectivity index (χ1n) is 55.2. The van der Waals surface area contributed by atoms with Gasteiger partial charge in [0.25, 0.3) is 0 Å². The zero-order valence-corrected chi connectivity index (χ0v) is 87.9. The zero-order chi connectivity index (χ0) is 107. The van der Waals surface area contributed by atoms with E-state index in [0.717, 1.165) is 224 Å². The monoisotopic (exact) mass is 2010 g/mol. The van der Waals surface area contributed by atoms with Crippen molar-refractivity contribution in [2.24, 2.45) is 0 Å². The summed E-state index contributed by atoms with van der Waals surface area (Å²) in [5, 5.41) is 13.6. The van der Waals surface area contributed by atoms with Gasteiger partial charge in [0.2, 0.25) is 5.91 Å². The summed E-state index contributed by atoms with van der Waals surface area (Å²) in [6.45, 7) is 13.5. The van der Waals surface area contributed by atoms with Crippen LogP contribution in [0.5, 0.6) is 0 Å². The third kappa shape index (κ3) is 42.2. The van der Waals surface area contributed by atoms with Crippen LogP contribution in [0.1, 0.15) is 290 Å². The lowest BCUT2D eigenvalue weighted by Crippen LogP contribution is -2.30. The third-order valence-corrected chi connectivity index (χ3v) is 26.7. The van der Waals surface area contributed by atoms with Crippen LogP contribution in [0.2, 0.25) is 0 Å². The molecule has 22 heteroatoms. The lowest BCUT2D eigenvalue weighted by molar-refractivity contribution is -0.241. The highest BCUT2D eigenvalue weighted by molar-refractivity contribution is 5.97. The zero-order valence-electron chi connectivity index (χ0n) is 89.9. The lowest BCUT2D eigenvalue weighted by atomic mass is 9.98. The highest BCUT2D eigenvalue weighted by Crippen LogP contribution is 2.39. The molecule has 784 valence electrons. The van der Waals surface area contributed by atoms with Crippen molar-refractivity contribution >= 4 is 114 Å². The van der Waals surface area contributed by atoms with Gasteiger partial charge in [-0.3, -0.25) is 68.5 Å². The standard InChI is InChI=1S/C27H32N2O4.C27H32N2O3.C25H30N2O3.2C24H30N2O/c1-2-33-27(32)18-22-20-29(25-13-8-7-12-24(22)25)26(31)14-6-4-3-5-11-23(30)16-15-21-10-9-17-28-19-21;1-2-32-27(31)19-23-21-29(26-14-8-7-13-25(23)26)18-9-5-3-4-6-12-24(30)16-15-22-11-10-17-28-20-22;28-23(14-13-21-9-8-16-26-19-21)10-4-2-1-3-7-17-27-20-22(15-18-30-29)24-11-5-6-12-25(24)27;2*1-20-10-13-24-22(18-20)14-17-26(24)16-6-4-2-3-5-9-23(27)12-11-21-8-7-15-25-19-21/h7-10,12-13,15-17,19,22H,2-6,11,14,18,20H2,1H3;7-8,10-11,13-17,20-21H,2-6,9,12,18-19H2,1H3;5-6,8-9,11-14,16,19-20,29H,1-4,7,10,15,17-18H2;2*7-8,10,13-15,17-19H,2-6,9,11-12,16H2,1H3/b2*16-15+;14-13+;;/i;;;11D,12D;. The van der Waals surface area contributed by atoms with Gasteiger partial charge in [-0.15, -0.1) is 0 Å². The molecule has 0 saturated carbocycles. The van der Waals surface area contributed by atoms with Crippen LogP contribution in [-0.2, 0) is 105 Å². The molecule has 0 radical (unpaired) electrons. The number of benzene rings is 5. The number of aryl methyl sites for hydroxylation is 8. The summed E-state index contributed by atoms with van der Waals surface area (Å²) in [5.74, 6) is 0.363. The Labute approximate surface area is 884 Å². The minimum absolute atomic E-state index is 0.0186. The molecular weight excluding hydrogens is 1860 g/mol. The van der Waals surface area contributed by atoms with Crippen LogP contribution in [0.3, 0.4) is 0 Å². The SMILES string of the molecule is CCOC(=O)CC1CN(C(=O)CCCCCCC(=O)/C=C/c2cccnc2)c2ccccc21.CCOC(=O)Cc1cn(CCCCCCCC(=O)/C=C/c2cccnc2)c2ccccc12.Cc1ccc2c(ccn2CCCCCCCC(=O)CCc2cccnc2)c1.O=C(/C=C/c1cccnc1)CCCCCCCn1cc(CCOO)c2ccccc21.[2H]C(C(=O)CCCCCCCn1ccc2cc(C)ccc21)C([2H])c1cccnc1. The molecule has 0 fully saturated rings. The van der Waals surface area contributed by atoms with Gasteiger partial charge in [0.15, 0.2) is 17.3 Å². The van der Waals surface area contributed by atoms with Gasteiger partial charge < -0.3 is 32.6 Å². The predicted octanol–water partition coefficient (Wildman–Crippen LogP) is 28.3. The maximum absolute atomic E-state index is 12.9. The van der Waals surface area contributed by atoms with Crippen LogP contribution in [0.25, 0.3) is 61.8 Å².